The summed E-state index contributed by atoms with van der Waals surface area (Å²) in [6.45, 7) is 1.71. The fourth-order valence-corrected chi connectivity index (χ4v) is 3.79. The highest BCUT2D eigenvalue weighted by Gasteiger charge is 2.16. The Morgan fingerprint density at radius 1 is 1.03 bits per heavy atom. The van der Waals surface area contributed by atoms with E-state index in [9.17, 15) is 24.1 Å². The maximum Gasteiger partial charge on any atom is 0.270 e. The number of nitro benzene ring substituents is 1. The minimum absolute atomic E-state index is 0.0877. The SMILES string of the molecule is CC(Sc1cccc(NC(=O)c2cccc([N+](=O)[O-])c2)c1)C(=O)Nc1ccc(F)c(Cl)c1. The summed E-state index contributed by atoms with van der Waals surface area (Å²) in [5, 5.41) is 15.7. The Balaban J connectivity index is 1.64. The van der Waals surface area contributed by atoms with Gasteiger partial charge in [-0.2, -0.15) is 0 Å². The third-order valence-corrected chi connectivity index (χ3v) is 5.66. The highest BCUT2D eigenvalue weighted by molar-refractivity contribution is 8.00. The molecule has 0 saturated heterocycles. The molecule has 0 heterocycles. The molecule has 32 heavy (non-hydrogen) atoms. The molecule has 1 atom stereocenters. The van der Waals surface area contributed by atoms with Gasteiger partial charge in [0.15, 0.2) is 0 Å². The van der Waals surface area contributed by atoms with Crippen LogP contribution in [0.5, 0.6) is 0 Å². The number of rotatable bonds is 7. The molecular formula is C22H17ClFN3O4S. The Kier molecular flexibility index (Phi) is 7.45. The number of halogens is 2. The van der Waals surface area contributed by atoms with E-state index in [2.05, 4.69) is 10.6 Å². The number of nitro groups is 1. The minimum Gasteiger partial charge on any atom is -0.325 e. The lowest BCUT2D eigenvalue weighted by Gasteiger charge is -2.13. The summed E-state index contributed by atoms with van der Waals surface area (Å²) in [5.41, 5.74) is 0.837. The molecule has 0 aromatic heterocycles. The molecular weight excluding hydrogens is 457 g/mol. The van der Waals surface area contributed by atoms with Gasteiger partial charge in [0.2, 0.25) is 5.91 Å². The van der Waals surface area contributed by atoms with Gasteiger partial charge in [0.05, 0.1) is 15.2 Å². The van der Waals surface area contributed by atoms with Crippen LogP contribution in [0.15, 0.2) is 71.6 Å². The average molecular weight is 474 g/mol. The van der Waals surface area contributed by atoms with Gasteiger partial charge >= 0.3 is 0 Å². The fraction of sp³-hybridized carbons (Fsp3) is 0.0909. The molecule has 2 amide bonds. The summed E-state index contributed by atoms with van der Waals surface area (Å²) in [7, 11) is 0. The number of hydrogen-bond donors (Lipinski definition) is 2. The Morgan fingerprint density at radius 2 is 1.75 bits per heavy atom. The van der Waals surface area contributed by atoms with Crippen molar-refractivity contribution in [3.8, 4) is 0 Å². The first kappa shape index (κ1) is 23.2. The zero-order chi connectivity index (χ0) is 23.3. The van der Waals surface area contributed by atoms with Crippen LogP contribution in [0.25, 0.3) is 0 Å². The largest absolute Gasteiger partial charge is 0.325 e. The van der Waals surface area contributed by atoms with Crippen LogP contribution >= 0.6 is 23.4 Å². The highest BCUT2D eigenvalue weighted by atomic mass is 35.5. The Morgan fingerprint density at radius 3 is 2.47 bits per heavy atom. The summed E-state index contributed by atoms with van der Waals surface area (Å²) in [5.74, 6) is -1.37. The lowest BCUT2D eigenvalue weighted by molar-refractivity contribution is -0.384. The van der Waals surface area contributed by atoms with E-state index < -0.39 is 21.9 Å². The van der Waals surface area contributed by atoms with Crippen molar-refractivity contribution in [3.63, 3.8) is 0 Å². The predicted molar refractivity (Wildman–Crippen MR) is 123 cm³/mol. The standard InChI is InChI=1S/C22H17ClFN3O4S/c1-13(21(28)25-16-8-9-20(24)19(23)12-16)32-18-7-3-5-15(11-18)26-22(29)14-4-2-6-17(10-14)27(30)31/h2-13H,1H3,(H,25,28)(H,26,29). The van der Waals surface area contributed by atoms with Crippen molar-refractivity contribution in [3.05, 3.63) is 93.2 Å². The molecule has 0 saturated carbocycles. The number of amides is 2. The molecule has 10 heteroatoms. The van der Waals surface area contributed by atoms with Gasteiger partial charge < -0.3 is 10.6 Å². The summed E-state index contributed by atoms with van der Waals surface area (Å²) in [6, 6.07) is 16.2. The van der Waals surface area contributed by atoms with E-state index >= 15 is 0 Å². The Bertz CT molecular complexity index is 1190. The fourth-order valence-electron chi connectivity index (χ4n) is 2.69. The third kappa shape index (κ3) is 6.05. The number of nitrogens with one attached hydrogen (secondary N) is 2. The number of anilines is 2. The van der Waals surface area contributed by atoms with Crippen molar-refractivity contribution in [2.24, 2.45) is 0 Å². The van der Waals surface area contributed by atoms with Crippen LogP contribution in [0.4, 0.5) is 21.5 Å². The van der Waals surface area contributed by atoms with Gasteiger partial charge in [0, 0.05) is 34.0 Å². The van der Waals surface area contributed by atoms with E-state index in [1.807, 2.05) is 0 Å². The van der Waals surface area contributed by atoms with Crippen LogP contribution in [-0.4, -0.2) is 22.0 Å². The van der Waals surface area contributed by atoms with Crippen molar-refractivity contribution < 1.29 is 18.9 Å². The molecule has 0 aliphatic heterocycles. The molecule has 7 nitrogen and oxygen atoms in total. The first-order chi connectivity index (χ1) is 15.2. The van der Waals surface area contributed by atoms with Gasteiger partial charge in [-0.25, -0.2) is 4.39 Å². The number of non-ortho nitro benzene ring substituents is 1. The molecule has 0 radical (unpaired) electrons. The van der Waals surface area contributed by atoms with Gasteiger partial charge in [-0.05, 0) is 49.4 Å². The predicted octanol–water partition coefficient (Wildman–Crippen LogP) is 5.76. The molecule has 0 fully saturated rings. The quantitative estimate of drug-likeness (QED) is 0.258. The van der Waals surface area contributed by atoms with Gasteiger partial charge in [-0.3, -0.25) is 19.7 Å². The zero-order valence-corrected chi connectivity index (χ0v) is 18.2. The molecule has 3 rings (SSSR count). The van der Waals surface area contributed by atoms with Crippen molar-refractivity contribution in [1.29, 1.82) is 0 Å². The third-order valence-electron chi connectivity index (χ3n) is 4.28. The summed E-state index contributed by atoms with van der Waals surface area (Å²) in [6.07, 6.45) is 0. The molecule has 0 aliphatic carbocycles. The van der Waals surface area contributed by atoms with Gasteiger partial charge in [0.1, 0.15) is 5.82 Å². The van der Waals surface area contributed by atoms with Crippen molar-refractivity contribution in [1.82, 2.24) is 0 Å². The summed E-state index contributed by atoms with van der Waals surface area (Å²) < 4.78 is 13.3. The van der Waals surface area contributed by atoms with E-state index in [0.717, 1.165) is 4.90 Å². The van der Waals surface area contributed by atoms with Gasteiger partial charge in [-0.1, -0.05) is 23.7 Å². The van der Waals surface area contributed by atoms with Crippen LogP contribution in [-0.2, 0) is 4.79 Å². The average Bonchev–Trinajstić information content (AvgIpc) is 2.76. The second-order valence-corrected chi connectivity index (χ2v) is 8.49. The van der Waals surface area contributed by atoms with Gasteiger partial charge in [-0.15, -0.1) is 11.8 Å². The van der Waals surface area contributed by atoms with E-state index in [1.54, 1.807) is 31.2 Å². The van der Waals surface area contributed by atoms with Crippen molar-refractivity contribution in [2.75, 3.05) is 10.6 Å². The molecule has 3 aromatic carbocycles. The van der Waals surface area contributed by atoms with Crippen LogP contribution in [0, 0.1) is 15.9 Å². The molecule has 0 spiro atoms. The molecule has 0 aliphatic rings. The van der Waals surface area contributed by atoms with E-state index in [4.69, 9.17) is 11.6 Å². The summed E-state index contributed by atoms with van der Waals surface area (Å²) in [4.78, 5) is 36.0. The molecule has 3 aromatic rings. The lowest BCUT2D eigenvalue weighted by atomic mass is 10.2. The van der Waals surface area contributed by atoms with Gasteiger partial charge in [0.25, 0.3) is 11.6 Å². The number of carbonyl (C=O) groups is 2. The minimum atomic E-state index is -0.573. The first-order valence-electron chi connectivity index (χ1n) is 9.31. The maximum absolute atomic E-state index is 13.3. The van der Waals surface area contributed by atoms with Crippen molar-refractivity contribution in [2.45, 2.75) is 17.1 Å². The van der Waals surface area contributed by atoms with E-state index in [1.165, 1.54) is 54.2 Å². The van der Waals surface area contributed by atoms with Crippen molar-refractivity contribution >= 4 is 52.2 Å². The number of hydrogen-bond acceptors (Lipinski definition) is 5. The van der Waals surface area contributed by atoms with Crippen LogP contribution < -0.4 is 10.6 Å². The number of nitrogens with zero attached hydrogens (tertiary/aromatic N) is 1. The summed E-state index contributed by atoms with van der Waals surface area (Å²) >= 11 is 7.00. The van der Waals surface area contributed by atoms with E-state index in [-0.39, 0.29) is 22.2 Å². The number of thioether (sulfide) groups is 1. The number of carbonyl (C=O) groups excluding carboxylic acids is 2. The molecule has 0 bridgehead atoms. The Hall–Kier alpha value is -3.43. The molecule has 1 unspecified atom stereocenters. The lowest BCUT2D eigenvalue weighted by Crippen LogP contribution is -2.22. The Labute approximate surface area is 192 Å². The second kappa shape index (κ2) is 10.3. The highest BCUT2D eigenvalue weighted by Crippen LogP contribution is 2.27. The number of benzene rings is 3. The van der Waals surface area contributed by atoms with Crippen LogP contribution in [0.2, 0.25) is 5.02 Å². The topological polar surface area (TPSA) is 101 Å². The van der Waals surface area contributed by atoms with Crippen LogP contribution in [0.1, 0.15) is 17.3 Å². The smallest absolute Gasteiger partial charge is 0.270 e. The first-order valence-corrected chi connectivity index (χ1v) is 10.6. The molecule has 164 valence electrons. The second-order valence-electron chi connectivity index (χ2n) is 6.67. The van der Waals surface area contributed by atoms with Crippen LogP contribution in [0.3, 0.4) is 0 Å². The zero-order valence-electron chi connectivity index (χ0n) is 16.7. The maximum atomic E-state index is 13.3. The van der Waals surface area contributed by atoms with E-state index in [0.29, 0.717) is 11.4 Å². The normalized spacial score (nSPS) is 11.5. The molecule has 2 N–H and O–H groups in total. The monoisotopic (exact) mass is 473 g/mol.